The average Bonchev–Trinajstić information content (AvgIpc) is 2.38. The van der Waals surface area contributed by atoms with Gasteiger partial charge < -0.3 is 10.3 Å². The maximum absolute atomic E-state index is 12.0. The van der Waals surface area contributed by atoms with Crippen LogP contribution in [0.25, 0.3) is 10.9 Å². The Balaban J connectivity index is 2.17. The summed E-state index contributed by atoms with van der Waals surface area (Å²) in [5.74, 6) is 0. The molecule has 1 aliphatic rings. The van der Waals surface area contributed by atoms with Gasteiger partial charge in [0.15, 0.2) is 0 Å². The summed E-state index contributed by atoms with van der Waals surface area (Å²) in [6.07, 6.45) is 3.16. The summed E-state index contributed by atoms with van der Waals surface area (Å²) in [5, 5.41) is 3.42. The Bertz CT molecular complexity index is 774. The number of hydrogen-bond acceptors (Lipinski definition) is 2. The van der Waals surface area contributed by atoms with E-state index in [0.29, 0.717) is 5.70 Å². The second kappa shape index (κ2) is 4.13. The van der Waals surface area contributed by atoms with E-state index in [1.165, 1.54) is 11.1 Å². The molecule has 0 saturated carbocycles. The van der Waals surface area contributed by atoms with Gasteiger partial charge in [-0.05, 0) is 18.2 Å². The first-order valence-electron chi connectivity index (χ1n) is 5.74. The van der Waals surface area contributed by atoms with Gasteiger partial charge >= 0.3 is 6.03 Å². The third-order valence-electron chi connectivity index (χ3n) is 2.90. The fraction of sp³-hybridized carbons (Fsp3) is 0. The Kier molecular flexibility index (Phi) is 2.45. The van der Waals surface area contributed by atoms with Crippen LogP contribution in [0.2, 0.25) is 0 Å². The molecular formula is C14H11N3O2. The molecule has 0 saturated heterocycles. The van der Waals surface area contributed by atoms with E-state index in [1.54, 1.807) is 12.1 Å². The highest BCUT2D eigenvalue weighted by atomic mass is 16.2. The number of aromatic nitrogens is 1. The van der Waals surface area contributed by atoms with Crippen molar-refractivity contribution in [1.29, 1.82) is 0 Å². The summed E-state index contributed by atoms with van der Waals surface area (Å²) in [7, 11) is 0. The molecule has 19 heavy (non-hydrogen) atoms. The SMILES string of the molecule is C=C1C=CN(c2cc3ccccc3[nH]c2=O)C(=O)N1. The molecule has 2 heterocycles. The largest absolute Gasteiger partial charge is 0.330 e. The van der Waals surface area contributed by atoms with Crippen LogP contribution in [-0.4, -0.2) is 11.0 Å². The van der Waals surface area contributed by atoms with Crippen LogP contribution in [0.4, 0.5) is 10.5 Å². The Morgan fingerprint density at radius 2 is 1.95 bits per heavy atom. The van der Waals surface area contributed by atoms with Gasteiger partial charge in [-0.25, -0.2) is 4.79 Å². The van der Waals surface area contributed by atoms with Crippen LogP contribution in [0.1, 0.15) is 0 Å². The first kappa shape index (κ1) is 11.3. The molecule has 0 unspecified atom stereocenters. The van der Waals surface area contributed by atoms with Crippen molar-refractivity contribution in [3.8, 4) is 0 Å². The fourth-order valence-corrected chi connectivity index (χ4v) is 1.98. The zero-order valence-corrected chi connectivity index (χ0v) is 10.0. The Morgan fingerprint density at radius 3 is 2.74 bits per heavy atom. The molecule has 3 rings (SSSR count). The average molecular weight is 253 g/mol. The van der Waals surface area contributed by atoms with E-state index in [0.717, 1.165) is 10.9 Å². The van der Waals surface area contributed by atoms with E-state index in [9.17, 15) is 9.59 Å². The molecule has 2 amide bonds. The molecular weight excluding hydrogens is 242 g/mol. The third-order valence-corrected chi connectivity index (χ3v) is 2.90. The van der Waals surface area contributed by atoms with Gasteiger partial charge in [-0.1, -0.05) is 24.8 Å². The zero-order valence-electron chi connectivity index (χ0n) is 10.0. The summed E-state index contributed by atoms with van der Waals surface area (Å²) < 4.78 is 0. The van der Waals surface area contributed by atoms with Gasteiger partial charge in [0.25, 0.3) is 5.56 Å². The molecule has 0 radical (unpaired) electrons. The number of amides is 2. The summed E-state index contributed by atoms with van der Waals surface area (Å²) in [4.78, 5) is 27.9. The normalized spacial score (nSPS) is 14.8. The minimum atomic E-state index is -0.395. The van der Waals surface area contributed by atoms with E-state index in [1.807, 2.05) is 24.3 Å². The van der Waals surface area contributed by atoms with Crippen molar-refractivity contribution < 1.29 is 4.79 Å². The highest BCUT2D eigenvalue weighted by molar-refractivity contribution is 5.97. The summed E-state index contributed by atoms with van der Waals surface area (Å²) in [6.45, 7) is 3.63. The van der Waals surface area contributed by atoms with E-state index in [4.69, 9.17) is 0 Å². The quantitative estimate of drug-likeness (QED) is 0.817. The van der Waals surface area contributed by atoms with Gasteiger partial charge in [0.05, 0.1) is 0 Å². The van der Waals surface area contributed by atoms with Crippen molar-refractivity contribution in [2.45, 2.75) is 0 Å². The number of urea groups is 1. The van der Waals surface area contributed by atoms with Crippen LogP contribution < -0.4 is 15.8 Å². The van der Waals surface area contributed by atoms with E-state index in [-0.39, 0.29) is 11.2 Å². The van der Waals surface area contributed by atoms with Crippen LogP contribution >= 0.6 is 0 Å². The number of nitrogens with zero attached hydrogens (tertiary/aromatic N) is 1. The minimum Gasteiger partial charge on any atom is -0.320 e. The number of rotatable bonds is 1. The van der Waals surface area contributed by atoms with Gasteiger partial charge in [-0.15, -0.1) is 0 Å². The number of fused-ring (bicyclic) bond motifs is 1. The third kappa shape index (κ3) is 1.91. The molecule has 1 aliphatic heterocycles. The molecule has 2 N–H and O–H groups in total. The summed E-state index contributed by atoms with van der Waals surface area (Å²) >= 11 is 0. The molecule has 0 atom stereocenters. The van der Waals surface area contributed by atoms with Gasteiger partial charge in [0, 0.05) is 22.8 Å². The van der Waals surface area contributed by atoms with Gasteiger partial charge in [0.1, 0.15) is 5.69 Å². The first-order chi connectivity index (χ1) is 9.15. The number of benzene rings is 1. The Labute approximate surface area is 108 Å². The number of pyridine rings is 1. The van der Waals surface area contributed by atoms with Crippen LogP contribution in [0.5, 0.6) is 0 Å². The van der Waals surface area contributed by atoms with Crippen molar-refractivity contribution in [2.75, 3.05) is 4.90 Å². The van der Waals surface area contributed by atoms with Gasteiger partial charge in [0.2, 0.25) is 0 Å². The highest BCUT2D eigenvalue weighted by Crippen LogP contribution is 2.18. The van der Waals surface area contributed by atoms with Crippen LogP contribution in [0.15, 0.2) is 59.7 Å². The second-order valence-electron chi connectivity index (χ2n) is 4.21. The van der Waals surface area contributed by atoms with E-state index < -0.39 is 6.03 Å². The standard InChI is InChI=1S/C14H11N3O2/c1-9-6-7-17(14(19)15-9)12-8-10-4-2-3-5-11(10)16-13(12)18/h2-8H,1H2,(H,15,19)(H,16,18). The summed E-state index contributed by atoms with van der Waals surface area (Å²) in [6, 6.07) is 8.70. The molecule has 0 fully saturated rings. The lowest BCUT2D eigenvalue weighted by molar-refractivity contribution is 0.250. The van der Waals surface area contributed by atoms with Crippen molar-refractivity contribution in [2.24, 2.45) is 0 Å². The number of anilines is 1. The lowest BCUT2D eigenvalue weighted by Gasteiger charge is -2.22. The molecule has 1 aromatic carbocycles. The maximum Gasteiger partial charge on any atom is 0.330 e. The Hall–Kier alpha value is -2.82. The van der Waals surface area contributed by atoms with Crippen molar-refractivity contribution in [1.82, 2.24) is 10.3 Å². The fourth-order valence-electron chi connectivity index (χ4n) is 1.98. The van der Waals surface area contributed by atoms with Gasteiger partial charge in [-0.2, -0.15) is 0 Å². The second-order valence-corrected chi connectivity index (χ2v) is 4.21. The lowest BCUT2D eigenvalue weighted by Crippen LogP contribution is -2.40. The van der Waals surface area contributed by atoms with Crippen LogP contribution in [0.3, 0.4) is 0 Å². The number of nitrogens with one attached hydrogen (secondary N) is 2. The summed E-state index contributed by atoms with van der Waals surface area (Å²) in [5.41, 5.74) is 1.20. The smallest absolute Gasteiger partial charge is 0.320 e. The molecule has 1 aromatic heterocycles. The van der Waals surface area contributed by atoms with E-state index in [2.05, 4.69) is 16.9 Å². The number of aromatic amines is 1. The molecule has 5 nitrogen and oxygen atoms in total. The number of carbonyl (C=O) groups is 1. The van der Waals surface area contributed by atoms with Crippen LogP contribution in [0, 0.1) is 0 Å². The molecule has 5 heteroatoms. The Morgan fingerprint density at radius 1 is 1.16 bits per heavy atom. The maximum atomic E-state index is 12.0. The number of hydrogen-bond donors (Lipinski definition) is 2. The highest BCUT2D eigenvalue weighted by Gasteiger charge is 2.20. The first-order valence-corrected chi connectivity index (χ1v) is 5.74. The van der Waals surface area contributed by atoms with Crippen LogP contribution in [-0.2, 0) is 0 Å². The lowest BCUT2D eigenvalue weighted by atomic mass is 10.2. The number of carbonyl (C=O) groups excluding carboxylic acids is 1. The topological polar surface area (TPSA) is 65.2 Å². The predicted octanol–water partition coefficient (Wildman–Crippen LogP) is 2.09. The number of allylic oxidation sites excluding steroid dienone is 1. The molecule has 0 bridgehead atoms. The number of H-pyrrole nitrogens is 1. The van der Waals surface area contributed by atoms with E-state index >= 15 is 0 Å². The molecule has 0 spiro atoms. The molecule has 94 valence electrons. The van der Waals surface area contributed by atoms with Gasteiger partial charge in [-0.3, -0.25) is 9.69 Å². The number of para-hydroxylation sites is 1. The molecule has 0 aliphatic carbocycles. The monoisotopic (exact) mass is 253 g/mol. The minimum absolute atomic E-state index is 0.278. The van der Waals surface area contributed by atoms with Crippen molar-refractivity contribution in [3.05, 3.63) is 65.2 Å². The molecule has 2 aromatic rings. The van der Waals surface area contributed by atoms with Crippen molar-refractivity contribution in [3.63, 3.8) is 0 Å². The van der Waals surface area contributed by atoms with Crippen molar-refractivity contribution >= 4 is 22.6 Å². The predicted molar refractivity (Wildman–Crippen MR) is 73.9 cm³/mol. The zero-order chi connectivity index (χ0) is 13.4.